The number of urea groups is 1. The lowest BCUT2D eigenvalue weighted by Gasteiger charge is -2.21. The zero-order chi connectivity index (χ0) is 15.1. The number of carbonyl (C=O) groups excluding carboxylic acids is 1. The van der Waals surface area contributed by atoms with Crippen LogP contribution in [0.25, 0.3) is 0 Å². The molecule has 0 unspecified atom stereocenters. The molecular weight excluding hydrogens is 264 g/mol. The molecule has 0 aromatic rings. The molecule has 1 aliphatic heterocycles. The Labute approximate surface area is 118 Å². The van der Waals surface area contributed by atoms with Crippen molar-refractivity contribution in [2.45, 2.75) is 51.4 Å². The smallest absolute Gasteiger partial charge is 0.326 e. The van der Waals surface area contributed by atoms with Crippen molar-refractivity contribution in [3.63, 3.8) is 0 Å². The molecule has 7 heteroatoms. The van der Waals surface area contributed by atoms with E-state index < -0.39 is 24.1 Å². The molecule has 3 N–H and O–H groups in total. The number of β-amino-alcohol motifs (C(OH)–C–C–N with tert-alkyl or cyclic N) is 1. The second-order valence-electron chi connectivity index (χ2n) is 5.25. The number of carboxylic acids is 1. The quantitative estimate of drug-likeness (QED) is 0.590. The van der Waals surface area contributed by atoms with E-state index in [9.17, 15) is 14.7 Å². The average molecular weight is 288 g/mol. The van der Waals surface area contributed by atoms with E-state index in [1.807, 2.05) is 13.8 Å². The largest absolute Gasteiger partial charge is 0.480 e. The number of carbonyl (C=O) groups is 2. The third kappa shape index (κ3) is 5.34. The Kier molecular flexibility index (Phi) is 6.74. The predicted octanol–water partition coefficient (Wildman–Crippen LogP) is 0.421. The molecule has 0 aromatic heterocycles. The highest BCUT2D eigenvalue weighted by Crippen LogP contribution is 2.18. The average Bonchev–Trinajstić information content (AvgIpc) is 2.75. The highest BCUT2D eigenvalue weighted by Gasteiger charge is 2.38. The van der Waals surface area contributed by atoms with Crippen molar-refractivity contribution in [3.8, 4) is 0 Å². The molecule has 1 heterocycles. The number of amides is 2. The molecule has 0 bridgehead atoms. The number of likely N-dealkylation sites (tertiary alicyclic amines) is 1. The number of aliphatic hydroxyl groups is 1. The predicted molar refractivity (Wildman–Crippen MR) is 72.5 cm³/mol. The van der Waals surface area contributed by atoms with Crippen molar-refractivity contribution < 1.29 is 24.5 Å². The summed E-state index contributed by atoms with van der Waals surface area (Å²) in [6.45, 7) is 5.12. The van der Waals surface area contributed by atoms with Crippen LogP contribution >= 0.6 is 0 Å². The molecule has 1 aliphatic rings. The van der Waals surface area contributed by atoms with Gasteiger partial charge in [0.2, 0.25) is 0 Å². The van der Waals surface area contributed by atoms with Crippen LogP contribution in [0, 0.1) is 0 Å². The Bertz CT molecular complexity index is 335. The second kappa shape index (κ2) is 8.06. The first-order valence-corrected chi connectivity index (χ1v) is 6.98. The van der Waals surface area contributed by atoms with E-state index in [4.69, 9.17) is 9.84 Å². The number of hydrogen-bond acceptors (Lipinski definition) is 4. The van der Waals surface area contributed by atoms with Crippen molar-refractivity contribution >= 4 is 12.0 Å². The molecule has 1 rings (SSSR count). The zero-order valence-electron chi connectivity index (χ0n) is 12.0. The second-order valence-corrected chi connectivity index (χ2v) is 5.25. The monoisotopic (exact) mass is 288 g/mol. The number of aliphatic hydroxyl groups excluding tert-OH is 1. The van der Waals surface area contributed by atoms with Gasteiger partial charge in [-0.25, -0.2) is 9.59 Å². The van der Waals surface area contributed by atoms with Gasteiger partial charge in [0.25, 0.3) is 0 Å². The third-order valence-corrected chi connectivity index (χ3v) is 3.12. The Morgan fingerprint density at radius 1 is 1.40 bits per heavy atom. The van der Waals surface area contributed by atoms with Crippen LogP contribution in [0.2, 0.25) is 0 Å². The number of nitrogens with one attached hydrogen (secondary N) is 1. The molecule has 0 saturated carbocycles. The van der Waals surface area contributed by atoms with Gasteiger partial charge in [-0.2, -0.15) is 0 Å². The van der Waals surface area contributed by atoms with Crippen LogP contribution in [-0.2, 0) is 9.53 Å². The summed E-state index contributed by atoms with van der Waals surface area (Å²) in [7, 11) is 0. The summed E-state index contributed by atoms with van der Waals surface area (Å²) >= 11 is 0. The van der Waals surface area contributed by atoms with E-state index in [0.717, 1.165) is 12.8 Å². The molecule has 20 heavy (non-hydrogen) atoms. The lowest BCUT2D eigenvalue weighted by atomic mass is 10.2. The van der Waals surface area contributed by atoms with Crippen LogP contribution in [-0.4, -0.2) is 65.1 Å². The van der Waals surface area contributed by atoms with Gasteiger partial charge in [0.1, 0.15) is 6.04 Å². The summed E-state index contributed by atoms with van der Waals surface area (Å²) in [6, 6.07) is -1.37. The van der Waals surface area contributed by atoms with Gasteiger partial charge in [-0.1, -0.05) is 0 Å². The van der Waals surface area contributed by atoms with Crippen molar-refractivity contribution in [3.05, 3.63) is 0 Å². The molecule has 2 amide bonds. The molecule has 0 spiro atoms. The van der Waals surface area contributed by atoms with Gasteiger partial charge in [0, 0.05) is 26.1 Å². The Balaban J connectivity index is 2.23. The third-order valence-electron chi connectivity index (χ3n) is 3.12. The fourth-order valence-electron chi connectivity index (χ4n) is 2.12. The zero-order valence-corrected chi connectivity index (χ0v) is 12.0. The SMILES string of the molecule is CC(C)OCCCCNC(=O)N1C[C@H](O)C[C@H]1C(=O)O. The van der Waals surface area contributed by atoms with E-state index in [-0.39, 0.29) is 19.1 Å². The van der Waals surface area contributed by atoms with Crippen LogP contribution in [0.3, 0.4) is 0 Å². The van der Waals surface area contributed by atoms with Crippen LogP contribution in [0.5, 0.6) is 0 Å². The van der Waals surface area contributed by atoms with Gasteiger partial charge in [-0.05, 0) is 26.7 Å². The van der Waals surface area contributed by atoms with Crippen molar-refractivity contribution in [1.29, 1.82) is 0 Å². The van der Waals surface area contributed by atoms with Gasteiger partial charge < -0.3 is 25.2 Å². The number of nitrogens with zero attached hydrogens (tertiary/aromatic N) is 1. The number of hydrogen-bond donors (Lipinski definition) is 3. The van der Waals surface area contributed by atoms with E-state index in [0.29, 0.717) is 13.2 Å². The van der Waals surface area contributed by atoms with E-state index in [2.05, 4.69) is 5.32 Å². The minimum Gasteiger partial charge on any atom is -0.480 e. The number of carboxylic acid groups (broad SMARTS) is 1. The highest BCUT2D eigenvalue weighted by molar-refractivity contribution is 5.83. The summed E-state index contributed by atoms with van der Waals surface area (Å²) < 4.78 is 5.38. The van der Waals surface area contributed by atoms with E-state index in [1.54, 1.807) is 0 Å². The number of aliphatic carboxylic acids is 1. The highest BCUT2D eigenvalue weighted by atomic mass is 16.5. The van der Waals surface area contributed by atoms with Gasteiger partial charge >= 0.3 is 12.0 Å². The van der Waals surface area contributed by atoms with Crippen molar-refractivity contribution in [2.24, 2.45) is 0 Å². The minimum absolute atomic E-state index is 0.0687. The molecule has 116 valence electrons. The summed E-state index contributed by atoms with van der Waals surface area (Å²) in [5, 5.41) is 21.1. The van der Waals surface area contributed by atoms with Gasteiger partial charge in [-0.15, -0.1) is 0 Å². The Morgan fingerprint density at radius 3 is 2.70 bits per heavy atom. The minimum atomic E-state index is -1.08. The number of unbranched alkanes of at least 4 members (excludes halogenated alkanes) is 1. The van der Waals surface area contributed by atoms with Crippen LogP contribution in [0.15, 0.2) is 0 Å². The first kappa shape index (κ1) is 16.7. The maximum Gasteiger partial charge on any atom is 0.326 e. The molecule has 1 saturated heterocycles. The Morgan fingerprint density at radius 2 is 2.10 bits per heavy atom. The van der Waals surface area contributed by atoms with Gasteiger partial charge in [0.15, 0.2) is 0 Å². The molecular formula is C13H24N2O5. The first-order chi connectivity index (χ1) is 9.41. The Hall–Kier alpha value is -1.34. The summed E-state index contributed by atoms with van der Waals surface area (Å²) in [5.74, 6) is -1.08. The molecule has 0 aromatic carbocycles. The standard InChI is InChI=1S/C13H24N2O5/c1-9(2)20-6-4-3-5-14-13(19)15-8-10(16)7-11(15)12(17)18/h9-11,16H,3-8H2,1-2H3,(H,14,19)(H,17,18)/t10-,11+/m1/s1. The first-order valence-electron chi connectivity index (χ1n) is 6.98. The van der Waals surface area contributed by atoms with E-state index in [1.165, 1.54) is 4.90 Å². The topological polar surface area (TPSA) is 99.1 Å². The fraction of sp³-hybridized carbons (Fsp3) is 0.846. The molecule has 2 atom stereocenters. The summed E-state index contributed by atoms with van der Waals surface area (Å²) in [5.41, 5.74) is 0. The summed E-state index contributed by atoms with van der Waals surface area (Å²) in [6.07, 6.45) is 1.13. The lowest BCUT2D eigenvalue weighted by molar-refractivity contribution is -0.141. The van der Waals surface area contributed by atoms with Crippen molar-refractivity contribution in [1.82, 2.24) is 10.2 Å². The number of rotatable bonds is 7. The number of ether oxygens (including phenoxy) is 1. The van der Waals surface area contributed by atoms with Crippen LogP contribution in [0.4, 0.5) is 4.79 Å². The lowest BCUT2D eigenvalue weighted by Crippen LogP contribution is -2.46. The van der Waals surface area contributed by atoms with Gasteiger partial charge in [-0.3, -0.25) is 0 Å². The summed E-state index contributed by atoms with van der Waals surface area (Å²) in [4.78, 5) is 24.0. The van der Waals surface area contributed by atoms with E-state index >= 15 is 0 Å². The fourth-order valence-corrected chi connectivity index (χ4v) is 2.12. The maximum absolute atomic E-state index is 11.9. The normalized spacial score (nSPS) is 22.3. The van der Waals surface area contributed by atoms with Gasteiger partial charge in [0.05, 0.1) is 12.2 Å². The van der Waals surface area contributed by atoms with Crippen LogP contribution < -0.4 is 5.32 Å². The van der Waals surface area contributed by atoms with Crippen LogP contribution in [0.1, 0.15) is 33.1 Å². The van der Waals surface area contributed by atoms with Crippen molar-refractivity contribution in [2.75, 3.05) is 19.7 Å². The molecule has 0 radical (unpaired) electrons. The molecule has 7 nitrogen and oxygen atoms in total. The molecule has 0 aliphatic carbocycles. The maximum atomic E-state index is 11.9. The molecule has 1 fully saturated rings.